The number of aliphatic hydroxyl groups excluding tert-OH is 2. The second kappa shape index (κ2) is 18.4. The first kappa shape index (κ1) is 39.4. The van der Waals surface area contributed by atoms with E-state index in [1.54, 1.807) is 38.1 Å². The maximum absolute atomic E-state index is 12.9. The van der Waals surface area contributed by atoms with E-state index < -0.39 is 33.8 Å². The van der Waals surface area contributed by atoms with Crippen LogP contribution in [-0.4, -0.2) is 87.7 Å². The van der Waals surface area contributed by atoms with Crippen LogP contribution in [-0.2, 0) is 10.1 Å². The van der Waals surface area contributed by atoms with Gasteiger partial charge >= 0.3 is 15.6 Å². The highest BCUT2D eigenvalue weighted by atomic mass is 32.2. The van der Waals surface area contributed by atoms with Crippen molar-refractivity contribution in [3.63, 3.8) is 0 Å². The van der Waals surface area contributed by atoms with Crippen LogP contribution >= 0.6 is 0 Å². The van der Waals surface area contributed by atoms with Crippen molar-refractivity contribution in [3.8, 4) is 5.75 Å². The third-order valence-electron chi connectivity index (χ3n) is 6.61. The quantitative estimate of drug-likeness (QED) is 0.194. The van der Waals surface area contributed by atoms with Crippen LogP contribution in [0.15, 0.2) is 42.5 Å². The molecule has 0 aliphatic carbocycles. The van der Waals surface area contributed by atoms with Gasteiger partial charge in [0.05, 0.1) is 17.1 Å². The monoisotopic (exact) mass is 648 g/mol. The number of halogens is 3. The average molecular weight is 649 g/mol. The zero-order valence-electron chi connectivity index (χ0n) is 27.3. The molecule has 2 atom stereocenters. The minimum atomic E-state index is -5.95. The number of hydrogen-bond donors (Lipinski definition) is 2. The normalized spacial score (nSPS) is 14.2. The standard InChI is InChI=1S/C19H21F3N2O5S.2C6H15N/c1-3-16(25)23-12-8-5-6-9-13(12)24(17(26)4-2)18-14(23)10-7-11-15(18)29-30(27,28)19(20,21)22;2*1-4-5-6-7(2)3/h5-11,16-17,25-26H,3-4H2,1-2H3;2*4-6H2,1-3H3. The van der Waals surface area contributed by atoms with Crippen LogP contribution in [0.4, 0.5) is 35.9 Å². The number of para-hydroxylation sites is 3. The molecule has 1 heterocycles. The Morgan fingerprint density at radius 3 is 1.57 bits per heavy atom. The van der Waals surface area contributed by atoms with Crippen molar-refractivity contribution in [2.75, 3.05) is 51.1 Å². The van der Waals surface area contributed by atoms with Gasteiger partial charge in [0, 0.05) is 0 Å². The van der Waals surface area contributed by atoms with E-state index in [0.717, 1.165) is 6.07 Å². The molecule has 0 spiro atoms. The highest BCUT2D eigenvalue weighted by molar-refractivity contribution is 7.88. The van der Waals surface area contributed by atoms with E-state index in [4.69, 9.17) is 0 Å². The summed E-state index contributed by atoms with van der Waals surface area (Å²) < 4.78 is 66.6. The number of benzene rings is 2. The Hall–Kier alpha value is -2.58. The third kappa shape index (κ3) is 11.1. The number of aliphatic hydroxyl groups is 2. The Labute approximate surface area is 262 Å². The molecule has 0 radical (unpaired) electrons. The molecule has 2 N–H and O–H groups in total. The van der Waals surface area contributed by atoms with Gasteiger partial charge in [0.25, 0.3) is 0 Å². The fourth-order valence-electron chi connectivity index (χ4n) is 4.25. The minimum absolute atomic E-state index is 0.0918. The fraction of sp³-hybridized carbons (Fsp3) is 0.613. The van der Waals surface area contributed by atoms with E-state index in [1.807, 2.05) is 0 Å². The van der Waals surface area contributed by atoms with E-state index in [2.05, 4.69) is 56.0 Å². The lowest BCUT2D eigenvalue weighted by molar-refractivity contribution is -0.0499. The van der Waals surface area contributed by atoms with Crippen molar-refractivity contribution < 1.29 is 36.0 Å². The van der Waals surface area contributed by atoms with E-state index >= 15 is 0 Å². The van der Waals surface area contributed by atoms with Gasteiger partial charge in [-0.05, 0) is 91.2 Å². The first-order valence-corrected chi connectivity index (χ1v) is 16.4. The molecule has 0 aromatic heterocycles. The van der Waals surface area contributed by atoms with Gasteiger partial charge in [-0.25, -0.2) is 0 Å². The molecule has 1 aliphatic rings. The topological polar surface area (TPSA) is 96.8 Å². The summed E-state index contributed by atoms with van der Waals surface area (Å²) in [7, 11) is 2.48. The van der Waals surface area contributed by atoms with Crippen molar-refractivity contribution in [1.82, 2.24) is 9.80 Å². The molecular formula is C31H51F3N4O5S. The molecule has 252 valence electrons. The highest BCUT2D eigenvalue weighted by Gasteiger charge is 2.49. The number of anilines is 4. The molecule has 2 aromatic carbocycles. The smallest absolute Gasteiger partial charge is 0.374 e. The summed E-state index contributed by atoms with van der Waals surface area (Å²) in [5, 5.41) is 21.3. The van der Waals surface area contributed by atoms with Crippen molar-refractivity contribution in [2.45, 2.75) is 84.2 Å². The molecule has 0 saturated heterocycles. The molecule has 3 rings (SSSR count). The molecule has 9 nitrogen and oxygen atoms in total. The van der Waals surface area contributed by atoms with E-state index in [0.29, 0.717) is 11.4 Å². The molecule has 44 heavy (non-hydrogen) atoms. The summed E-state index contributed by atoms with van der Waals surface area (Å²) in [6.07, 6.45) is 3.47. The summed E-state index contributed by atoms with van der Waals surface area (Å²) in [5.74, 6) is -0.611. The summed E-state index contributed by atoms with van der Waals surface area (Å²) in [4.78, 5) is 7.20. The van der Waals surface area contributed by atoms with Crippen LogP contribution in [0.2, 0.25) is 0 Å². The Morgan fingerprint density at radius 1 is 0.750 bits per heavy atom. The van der Waals surface area contributed by atoms with Crippen LogP contribution in [0, 0.1) is 0 Å². The zero-order valence-corrected chi connectivity index (χ0v) is 28.1. The third-order valence-corrected chi connectivity index (χ3v) is 7.57. The molecule has 0 saturated carbocycles. The molecule has 0 bridgehead atoms. The molecule has 0 fully saturated rings. The highest BCUT2D eigenvalue weighted by Crippen LogP contribution is 2.54. The number of unbranched alkanes of at least 4 members (excludes halogenated alkanes) is 2. The number of nitrogens with zero attached hydrogens (tertiary/aromatic N) is 4. The second-order valence-electron chi connectivity index (χ2n) is 10.9. The van der Waals surface area contributed by atoms with E-state index in [1.165, 1.54) is 60.7 Å². The van der Waals surface area contributed by atoms with Crippen LogP contribution in [0.3, 0.4) is 0 Å². The first-order valence-electron chi connectivity index (χ1n) is 15.0. The van der Waals surface area contributed by atoms with Gasteiger partial charge in [0.1, 0.15) is 18.1 Å². The van der Waals surface area contributed by atoms with Crippen molar-refractivity contribution in [3.05, 3.63) is 42.5 Å². The molecule has 2 unspecified atom stereocenters. The molecule has 2 aromatic rings. The van der Waals surface area contributed by atoms with Gasteiger partial charge in [-0.2, -0.15) is 21.6 Å². The first-order chi connectivity index (χ1) is 20.6. The van der Waals surface area contributed by atoms with Crippen molar-refractivity contribution in [1.29, 1.82) is 0 Å². The minimum Gasteiger partial charge on any atom is -0.374 e. The van der Waals surface area contributed by atoms with Crippen LogP contribution < -0.4 is 14.0 Å². The molecular weight excluding hydrogens is 597 g/mol. The lowest BCUT2D eigenvalue weighted by Gasteiger charge is -2.44. The number of fused-ring (bicyclic) bond motifs is 2. The number of alkyl halides is 3. The Kier molecular flexibility index (Phi) is 16.5. The number of rotatable bonds is 12. The van der Waals surface area contributed by atoms with Crippen LogP contribution in [0.1, 0.15) is 66.2 Å². The maximum Gasteiger partial charge on any atom is 0.534 e. The summed E-state index contributed by atoms with van der Waals surface area (Å²) in [6.45, 7) is 10.3. The Morgan fingerprint density at radius 2 is 1.18 bits per heavy atom. The number of hydrogen-bond acceptors (Lipinski definition) is 9. The average Bonchev–Trinajstić information content (AvgIpc) is 2.97. The maximum atomic E-state index is 12.9. The molecule has 1 aliphatic heterocycles. The van der Waals surface area contributed by atoms with E-state index in [9.17, 15) is 31.8 Å². The molecule has 13 heteroatoms. The largest absolute Gasteiger partial charge is 0.534 e. The summed E-state index contributed by atoms with van der Waals surface area (Å²) >= 11 is 0. The molecule has 0 amide bonds. The summed E-state index contributed by atoms with van der Waals surface area (Å²) in [6, 6.07) is 10.6. The van der Waals surface area contributed by atoms with Gasteiger partial charge in [-0.1, -0.05) is 58.7 Å². The van der Waals surface area contributed by atoms with Crippen molar-refractivity contribution >= 4 is 32.9 Å². The lowest BCUT2D eigenvalue weighted by Crippen LogP contribution is -2.40. The second-order valence-corrected chi connectivity index (χ2v) is 12.5. The Balaban J connectivity index is 0.000000574. The lowest BCUT2D eigenvalue weighted by atomic mass is 10.0. The summed E-state index contributed by atoms with van der Waals surface area (Å²) in [5.41, 5.74) is -4.63. The zero-order chi connectivity index (χ0) is 33.7. The van der Waals surface area contributed by atoms with Crippen molar-refractivity contribution in [2.24, 2.45) is 0 Å². The van der Waals surface area contributed by atoms with Crippen LogP contribution in [0.25, 0.3) is 0 Å². The fourth-order valence-corrected chi connectivity index (χ4v) is 4.71. The van der Waals surface area contributed by atoms with Gasteiger partial charge < -0.3 is 34.0 Å². The van der Waals surface area contributed by atoms with Gasteiger partial charge in [-0.15, -0.1) is 0 Å². The van der Waals surface area contributed by atoms with Gasteiger partial charge in [0.15, 0.2) is 5.75 Å². The predicted molar refractivity (Wildman–Crippen MR) is 172 cm³/mol. The Bertz CT molecular complexity index is 1220. The van der Waals surface area contributed by atoms with Gasteiger partial charge in [-0.3, -0.25) is 0 Å². The van der Waals surface area contributed by atoms with Gasteiger partial charge in [0.2, 0.25) is 0 Å². The predicted octanol–water partition coefficient (Wildman–Crippen LogP) is 6.66. The SMILES string of the molecule is CCC(O)N1c2ccccc2N(C(O)CC)c2c(OS(=O)(=O)C(F)(F)F)cccc21.CCCCN(C)C.CCCCN(C)C. The van der Waals surface area contributed by atoms with Crippen LogP contribution in [0.5, 0.6) is 5.75 Å². The van der Waals surface area contributed by atoms with E-state index in [-0.39, 0.29) is 24.2 Å².